The lowest BCUT2D eigenvalue weighted by Crippen LogP contribution is -2.41. The van der Waals surface area contributed by atoms with E-state index in [1.807, 2.05) is 27.7 Å². The van der Waals surface area contributed by atoms with Gasteiger partial charge in [-0.2, -0.15) is 0 Å². The van der Waals surface area contributed by atoms with Crippen molar-refractivity contribution in [3.63, 3.8) is 0 Å². The lowest BCUT2D eigenvalue weighted by atomic mass is 9.78. The molecule has 0 spiro atoms. The number of aliphatic hydroxyl groups excluding tert-OH is 1. The molecule has 1 aliphatic heterocycles. The zero-order valence-corrected chi connectivity index (χ0v) is 12.1. The summed E-state index contributed by atoms with van der Waals surface area (Å²) in [6.45, 7) is 7.59. The second kappa shape index (κ2) is 5.16. The molecule has 6 nitrogen and oxygen atoms in total. The summed E-state index contributed by atoms with van der Waals surface area (Å²) < 4.78 is 11.7. The molecular weight excluding hydrogens is 259 g/mol. The molecule has 0 saturated carbocycles. The number of aromatic amines is 1. The fraction of sp³-hybridized carbons (Fsp3) is 0.538. The van der Waals surface area contributed by atoms with Crippen molar-refractivity contribution < 1.29 is 14.4 Å². The monoisotopic (exact) mass is 278 g/mol. The largest absolute Gasteiger partial charge is 0.492 e. The van der Waals surface area contributed by atoms with Gasteiger partial charge in [0.15, 0.2) is 0 Å². The van der Waals surface area contributed by atoms with Gasteiger partial charge < -0.3 is 19.4 Å². The highest BCUT2D eigenvalue weighted by atomic mass is 16.7. The molecule has 2 heterocycles. The van der Waals surface area contributed by atoms with E-state index in [9.17, 15) is 9.90 Å². The van der Waals surface area contributed by atoms with Gasteiger partial charge in [0, 0.05) is 18.0 Å². The summed E-state index contributed by atoms with van der Waals surface area (Å²) in [7, 11) is -0.614. The molecule has 0 aromatic carbocycles. The van der Waals surface area contributed by atoms with Crippen molar-refractivity contribution in [1.29, 1.82) is 0 Å². The van der Waals surface area contributed by atoms with Crippen molar-refractivity contribution in [3.05, 3.63) is 33.9 Å². The van der Waals surface area contributed by atoms with Gasteiger partial charge in [-0.25, -0.2) is 9.78 Å². The van der Waals surface area contributed by atoms with Crippen LogP contribution >= 0.6 is 0 Å². The highest BCUT2D eigenvalue weighted by Crippen LogP contribution is 2.38. The molecule has 1 aromatic rings. The van der Waals surface area contributed by atoms with Crippen molar-refractivity contribution in [1.82, 2.24) is 9.97 Å². The van der Waals surface area contributed by atoms with Crippen LogP contribution in [0.1, 0.15) is 33.3 Å². The number of aromatic nitrogens is 2. The summed E-state index contributed by atoms with van der Waals surface area (Å²) in [6.07, 6.45) is 4.65. The van der Waals surface area contributed by atoms with Gasteiger partial charge in [-0.05, 0) is 33.2 Å². The van der Waals surface area contributed by atoms with Crippen molar-refractivity contribution in [3.8, 4) is 0 Å². The third-order valence-electron chi connectivity index (χ3n) is 3.78. The van der Waals surface area contributed by atoms with E-state index >= 15 is 0 Å². The molecular formula is C13H19BN2O4. The number of rotatable bonds is 3. The van der Waals surface area contributed by atoms with Gasteiger partial charge in [-0.3, -0.25) is 0 Å². The fourth-order valence-corrected chi connectivity index (χ4v) is 1.83. The number of hydrogen-bond donors (Lipinski definition) is 2. The molecule has 108 valence electrons. The minimum absolute atomic E-state index is 0.198. The smallest absolute Gasteiger partial charge is 0.400 e. The Balaban J connectivity index is 2.26. The topological polar surface area (TPSA) is 84.4 Å². The van der Waals surface area contributed by atoms with Crippen LogP contribution in [0, 0.1) is 0 Å². The van der Waals surface area contributed by atoms with Crippen LogP contribution in [-0.2, 0) is 9.31 Å². The number of nitrogens with one attached hydrogen (secondary N) is 1. The first-order valence-electron chi connectivity index (χ1n) is 6.47. The molecule has 0 bridgehead atoms. The quantitative estimate of drug-likeness (QED) is 0.798. The first-order valence-corrected chi connectivity index (χ1v) is 6.47. The Labute approximate surface area is 118 Å². The maximum atomic E-state index is 10.9. The van der Waals surface area contributed by atoms with Crippen LogP contribution in [0.2, 0.25) is 0 Å². The molecule has 1 aromatic heterocycles. The summed E-state index contributed by atoms with van der Waals surface area (Å²) in [5.41, 5.74) is -0.0890. The standard InChI is InChI=1S/C13H19BN2O4/c1-12(2)13(3,4)20-14(19-12)10(8-17)5-9-6-15-11(18)16-7-9/h5-7,17H,8H2,1-4H3,(H,15,16,18). The molecule has 0 atom stereocenters. The lowest BCUT2D eigenvalue weighted by Gasteiger charge is -2.32. The molecule has 7 heteroatoms. The molecule has 0 amide bonds. The Hall–Kier alpha value is -1.44. The van der Waals surface area contributed by atoms with Crippen LogP contribution in [0.3, 0.4) is 0 Å². The molecule has 20 heavy (non-hydrogen) atoms. The SMILES string of the molecule is CC1(C)OB(C(=Cc2cnc(=O)[nH]c2)CO)OC1(C)C. The van der Waals surface area contributed by atoms with Gasteiger partial charge in [0.05, 0.1) is 17.8 Å². The number of hydrogen-bond acceptors (Lipinski definition) is 5. The van der Waals surface area contributed by atoms with E-state index in [0.29, 0.717) is 11.0 Å². The number of aliphatic hydroxyl groups is 1. The Bertz CT molecular complexity index is 543. The maximum Gasteiger partial charge on any atom is 0.492 e. The number of H-pyrrole nitrogens is 1. The van der Waals surface area contributed by atoms with Crippen LogP contribution in [0.5, 0.6) is 0 Å². The first-order chi connectivity index (χ1) is 9.25. The van der Waals surface area contributed by atoms with Crippen molar-refractivity contribution in [2.24, 2.45) is 0 Å². The van der Waals surface area contributed by atoms with Gasteiger partial charge >= 0.3 is 12.8 Å². The maximum absolute atomic E-state index is 10.9. The molecule has 0 aliphatic carbocycles. The summed E-state index contributed by atoms with van der Waals surface area (Å²) in [5.74, 6) is 0. The molecule has 1 saturated heterocycles. The van der Waals surface area contributed by atoms with Crippen LogP contribution in [0.4, 0.5) is 0 Å². The minimum Gasteiger partial charge on any atom is -0.400 e. The Morgan fingerprint density at radius 3 is 2.45 bits per heavy atom. The van der Waals surface area contributed by atoms with E-state index in [2.05, 4.69) is 9.97 Å². The molecule has 0 radical (unpaired) electrons. The van der Waals surface area contributed by atoms with Gasteiger partial charge in [0.1, 0.15) is 0 Å². The predicted octanol–water partition coefficient (Wildman–Crippen LogP) is 0.777. The summed E-state index contributed by atoms with van der Waals surface area (Å²) in [6, 6.07) is 0. The van der Waals surface area contributed by atoms with E-state index in [0.717, 1.165) is 0 Å². The molecule has 1 aliphatic rings. The molecule has 0 unspecified atom stereocenters. The third kappa shape index (κ3) is 2.84. The fourth-order valence-electron chi connectivity index (χ4n) is 1.83. The van der Waals surface area contributed by atoms with E-state index in [1.54, 1.807) is 6.08 Å². The highest BCUT2D eigenvalue weighted by molar-refractivity contribution is 6.55. The van der Waals surface area contributed by atoms with E-state index in [1.165, 1.54) is 12.4 Å². The summed E-state index contributed by atoms with van der Waals surface area (Å²) in [5, 5.41) is 9.52. The van der Waals surface area contributed by atoms with Crippen molar-refractivity contribution in [2.45, 2.75) is 38.9 Å². The number of nitrogens with zero attached hydrogens (tertiary/aromatic N) is 1. The normalized spacial score (nSPS) is 21.2. The first kappa shape index (κ1) is 15.0. The van der Waals surface area contributed by atoms with Crippen molar-refractivity contribution in [2.75, 3.05) is 6.61 Å². The second-order valence-corrected chi connectivity index (χ2v) is 5.82. The van der Waals surface area contributed by atoms with Gasteiger partial charge in [-0.1, -0.05) is 6.08 Å². The van der Waals surface area contributed by atoms with E-state index in [-0.39, 0.29) is 6.61 Å². The van der Waals surface area contributed by atoms with E-state index in [4.69, 9.17) is 9.31 Å². The highest BCUT2D eigenvalue weighted by Gasteiger charge is 2.52. The summed E-state index contributed by atoms with van der Waals surface area (Å²) in [4.78, 5) is 17.0. The van der Waals surface area contributed by atoms with Crippen LogP contribution in [0.25, 0.3) is 6.08 Å². The zero-order valence-electron chi connectivity index (χ0n) is 12.1. The average molecular weight is 278 g/mol. The second-order valence-electron chi connectivity index (χ2n) is 5.82. The third-order valence-corrected chi connectivity index (χ3v) is 3.78. The predicted molar refractivity (Wildman–Crippen MR) is 76.0 cm³/mol. The van der Waals surface area contributed by atoms with Gasteiger partial charge in [-0.15, -0.1) is 0 Å². The minimum atomic E-state index is -0.614. The van der Waals surface area contributed by atoms with Crippen molar-refractivity contribution >= 4 is 13.2 Å². The van der Waals surface area contributed by atoms with E-state index < -0.39 is 24.0 Å². The molecule has 1 fully saturated rings. The Kier molecular flexibility index (Phi) is 3.86. The van der Waals surface area contributed by atoms with Gasteiger partial charge in [0.25, 0.3) is 0 Å². The van der Waals surface area contributed by atoms with Gasteiger partial charge in [0.2, 0.25) is 0 Å². The molecule has 2 rings (SSSR count). The summed E-state index contributed by atoms with van der Waals surface area (Å²) >= 11 is 0. The lowest BCUT2D eigenvalue weighted by molar-refractivity contribution is 0.00578. The van der Waals surface area contributed by atoms with Crippen LogP contribution in [0.15, 0.2) is 22.7 Å². The Morgan fingerprint density at radius 1 is 1.40 bits per heavy atom. The average Bonchev–Trinajstić information content (AvgIpc) is 2.57. The Morgan fingerprint density at radius 2 is 2.00 bits per heavy atom. The van der Waals surface area contributed by atoms with Crippen LogP contribution in [-0.4, -0.2) is 40.0 Å². The van der Waals surface area contributed by atoms with Crippen LogP contribution < -0.4 is 5.69 Å². The zero-order chi connectivity index (χ0) is 15.0. The molecule has 2 N–H and O–H groups in total.